The van der Waals surface area contributed by atoms with E-state index in [0.29, 0.717) is 17.1 Å². The first-order valence-electron chi connectivity index (χ1n) is 7.46. The second-order valence-corrected chi connectivity index (χ2v) is 5.98. The molecule has 0 unspecified atom stereocenters. The van der Waals surface area contributed by atoms with Crippen LogP contribution in [0, 0.1) is 5.41 Å². The minimum Gasteiger partial charge on any atom is -0.497 e. The van der Waals surface area contributed by atoms with Gasteiger partial charge in [0.15, 0.2) is 5.78 Å². The summed E-state index contributed by atoms with van der Waals surface area (Å²) in [7, 11) is 3.07. The maximum absolute atomic E-state index is 12.6. The van der Waals surface area contributed by atoms with Crippen LogP contribution in [0.15, 0.2) is 18.2 Å². The summed E-state index contributed by atoms with van der Waals surface area (Å²) < 4.78 is 10.4. The highest BCUT2D eigenvalue weighted by Gasteiger charge is 2.38. The van der Waals surface area contributed by atoms with Gasteiger partial charge in [-0.15, -0.1) is 0 Å². The quantitative estimate of drug-likeness (QED) is 0.782. The van der Waals surface area contributed by atoms with Crippen molar-refractivity contribution in [2.24, 2.45) is 5.41 Å². The summed E-state index contributed by atoms with van der Waals surface area (Å²) in [6.45, 7) is 0. The zero-order valence-corrected chi connectivity index (χ0v) is 13.1. The molecule has 5 nitrogen and oxygen atoms in total. The van der Waals surface area contributed by atoms with Crippen LogP contribution in [0.1, 0.15) is 48.9 Å². The number of ketones is 1. The molecule has 0 heterocycles. The van der Waals surface area contributed by atoms with E-state index in [-0.39, 0.29) is 18.6 Å². The molecule has 120 valence electrons. The Morgan fingerprint density at radius 3 is 2.05 bits per heavy atom. The van der Waals surface area contributed by atoms with Gasteiger partial charge in [0, 0.05) is 18.1 Å². The first kappa shape index (κ1) is 16.3. The SMILES string of the molecule is COc1cc(OC)cc(C(=O)CC2(CC(=O)O)CCCC2)c1. The number of carbonyl (C=O) groups excluding carboxylic acids is 1. The third kappa shape index (κ3) is 3.78. The van der Waals surface area contributed by atoms with Crippen LogP contribution in [0.5, 0.6) is 11.5 Å². The molecule has 1 N–H and O–H groups in total. The zero-order valence-electron chi connectivity index (χ0n) is 13.1. The molecular weight excluding hydrogens is 284 g/mol. The van der Waals surface area contributed by atoms with E-state index in [1.54, 1.807) is 18.2 Å². The highest BCUT2D eigenvalue weighted by Crippen LogP contribution is 2.45. The molecule has 22 heavy (non-hydrogen) atoms. The number of carboxylic acids is 1. The molecule has 1 fully saturated rings. The van der Waals surface area contributed by atoms with Crippen molar-refractivity contribution in [2.75, 3.05) is 14.2 Å². The van der Waals surface area contributed by atoms with Gasteiger partial charge in [-0.2, -0.15) is 0 Å². The van der Waals surface area contributed by atoms with E-state index in [9.17, 15) is 9.59 Å². The van der Waals surface area contributed by atoms with Crippen molar-refractivity contribution in [3.05, 3.63) is 23.8 Å². The maximum atomic E-state index is 12.6. The number of rotatable bonds is 7. The number of ether oxygens (including phenoxy) is 2. The van der Waals surface area contributed by atoms with Gasteiger partial charge in [0.2, 0.25) is 0 Å². The monoisotopic (exact) mass is 306 g/mol. The minimum absolute atomic E-state index is 0.0552. The zero-order chi connectivity index (χ0) is 16.2. The predicted octanol–water partition coefficient (Wildman–Crippen LogP) is 3.31. The Balaban J connectivity index is 2.21. The second kappa shape index (κ2) is 6.81. The van der Waals surface area contributed by atoms with Crippen molar-refractivity contribution in [3.63, 3.8) is 0 Å². The van der Waals surface area contributed by atoms with Gasteiger partial charge in [0.25, 0.3) is 0 Å². The fourth-order valence-corrected chi connectivity index (χ4v) is 3.27. The third-order valence-corrected chi connectivity index (χ3v) is 4.40. The average molecular weight is 306 g/mol. The van der Waals surface area contributed by atoms with Crippen molar-refractivity contribution < 1.29 is 24.2 Å². The van der Waals surface area contributed by atoms with E-state index in [1.165, 1.54) is 14.2 Å². The second-order valence-electron chi connectivity index (χ2n) is 5.98. The predicted molar refractivity (Wildman–Crippen MR) is 81.6 cm³/mol. The van der Waals surface area contributed by atoms with Gasteiger partial charge in [-0.3, -0.25) is 9.59 Å². The van der Waals surface area contributed by atoms with Crippen LogP contribution in [-0.2, 0) is 4.79 Å². The first-order valence-corrected chi connectivity index (χ1v) is 7.46. The van der Waals surface area contributed by atoms with Crippen LogP contribution in [-0.4, -0.2) is 31.1 Å². The average Bonchev–Trinajstić information content (AvgIpc) is 2.93. The van der Waals surface area contributed by atoms with Crippen LogP contribution in [0.25, 0.3) is 0 Å². The van der Waals surface area contributed by atoms with Gasteiger partial charge in [-0.05, 0) is 30.4 Å². The van der Waals surface area contributed by atoms with Gasteiger partial charge in [-0.1, -0.05) is 12.8 Å². The van der Waals surface area contributed by atoms with E-state index in [0.717, 1.165) is 25.7 Å². The fraction of sp³-hybridized carbons (Fsp3) is 0.529. The van der Waals surface area contributed by atoms with Crippen molar-refractivity contribution in [1.29, 1.82) is 0 Å². The fourth-order valence-electron chi connectivity index (χ4n) is 3.27. The van der Waals surface area contributed by atoms with Crippen LogP contribution >= 0.6 is 0 Å². The summed E-state index contributed by atoms with van der Waals surface area (Å²) in [6.07, 6.45) is 3.89. The maximum Gasteiger partial charge on any atom is 0.303 e. The molecule has 1 aliphatic rings. The van der Waals surface area contributed by atoms with Gasteiger partial charge in [0.05, 0.1) is 20.6 Å². The highest BCUT2D eigenvalue weighted by atomic mass is 16.5. The number of Topliss-reactive ketones (excluding diaryl/α,β-unsaturated/α-hetero) is 1. The summed E-state index contributed by atoms with van der Waals surface area (Å²) in [5, 5.41) is 9.14. The molecule has 1 aliphatic carbocycles. The number of methoxy groups -OCH3 is 2. The summed E-state index contributed by atoms with van der Waals surface area (Å²) >= 11 is 0. The Morgan fingerprint density at radius 1 is 1.05 bits per heavy atom. The molecule has 0 atom stereocenters. The molecule has 5 heteroatoms. The lowest BCUT2D eigenvalue weighted by Gasteiger charge is -2.26. The number of aliphatic carboxylic acids is 1. The summed E-state index contributed by atoms with van der Waals surface area (Å²) in [5.74, 6) is 0.223. The van der Waals surface area contributed by atoms with E-state index in [1.807, 2.05) is 0 Å². The van der Waals surface area contributed by atoms with Crippen molar-refractivity contribution in [1.82, 2.24) is 0 Å². The third-order valence-electron chi connectivity index (χ3n) is 4.40. The summed E-state index contributed by atoms with van der Waals surface area (Å²) in [4.78, 5) is 23.7. The number of carboxylic acid groups (broad SMARTS) is 1. The van der Waals surface area contributed by atoms with Gasteiger partial charge in [-0.25, -0.2) is 0 Å². The van der Waals surface area contributed by atoms with Crippen molar-refractivity contribution >= 4 is 11.8 Å². The van der Waals surface area contributed by atoms with E-state index >= 15 is 0 Å². The summed E-state index contributed by atoms with van der Waals surface area (Å²) in [6, 6.07) is 5.06. The lowest BCUT2D eigenvalue weighted by atomic mass is 9.77. The molecule has 0 amide bonds. The lowest BCUT2D eigenvalue weighted by Crippen LogP contribution is -2.24. The normalized spacial score (nSPS) is 16.3. The largest absolute Gasteiger partial charge is 0.497 e. The first-order chi connectivity index (χ1) is 10.5. The van der Waals surface area contributed by atoms with E-state index < -0.39 is 11.4 Å². The molecular formula is C17H22O5. The van der Waals surface area contributed by atoms with Crippen LogP contribution < -0.4 is 9.47 Å². The molecule has 0 aliphatic heterocycles. The lowest BCUT2D eigenvalue weighted by molar-refractivity contribution is -0.139. The van der Waals surface area contributed by atoms with Gasteiger partial charge >= 0.3 is 5.97 Å². The van der Waals surface area contributed by atoms with E-state index in [4.69, 9.17) is 14.6 Å². The molecule has 0 bridgehead atoms. The molecule has 1 saturated carbocycles. The standard InChI is InChI=1S/C17H22O5/c1-21-13-7-12(8-14(9-13)22-2)15(18)10-17(11-16(19)20)5-3-4-6-17/h7-9H,3-6,10-11H2,1-2H3,(H,19,20). The van der Waals surface area contributed by atoms with Crippen LogP contribution in [0.2, 0.25) is 0 Å². The molecule has 0 radical (unpaired) electrons. The Bertz CT molecular complexity index is 536. The Hall–Kier alpha value is -2.04. The van der Waals surface area contributed by atoms with Gasteiger partial charge in [0.1, 0.15) is 11.5 Å². The Labute approximate surface area is 130 Å². The summed E-state index contributed by atoms with van der Waals surface area (Å²) in [5.41, 5.74) is 0.104. The van der Waals surface area contributed by atoms with E-state index in [2.05, 4.69) is 0 Å². The number of hydrogen-bond acceptors (Lipinski definition) is 4. The molecule has 0 saturated heterocycles. The van der Waals surface area contributed by atoms with Crippen LogP contribution in [0.3, 0.4) is 0 Å². The number of carbonyl (C=O) groups is 2. The molecule has 0 spiro atoms. The number of benzene rings is 1. The van der Waals surface area contributed by atoms with Crippen LogP contribution in [0.4, 0.5) is 0 Å². The minimum atomic E-state index is -0.835. The highest BCUT2D eigenvalue weighted by molar-refractivity contribution is 5.97. The molecule has 1 aromatic carbocycles. The molecule has 0 aromatic heterocycles. The molecule has 1 aromatic rings. The van der Waals surface area contributed by atoms with Crippen molar-refractivity contribution in [3.8, 4) is 11.5 Å². The topological polar surface area (TPSA) is 72.8 Å². The van der Waals surface area contributed by atoms with Crippen molar-refractivity contribution in [2.45, 2.75) is 38.5 Å². The Kier molecular flexibility index (Phi) is 5.06. The Morgan fingerprint density at radius 2 is 1.59 bits per heavy atom. The number of hydrogen-bond donors (Lipinski definition) is 1. The smallest absolute Gasteiger partial charge is 0.303 e. The molecule has 2 rings (SSSR count). The van der Waals surface area contributed by atoms with Gasteiger partial charge < -0.3 is 14.6 Å².